The predicted molar refractivity (Wildman–Crippen MR) is 82.9 cm³/mol. The molecule has 0 aromatic carbocycles. The second-order valence-corrected chi connectivity index (χ2v) is 8.25. The van der Waals surface area contributed by atoms with Crippen molar-refractivity contribution in [1.82, 2.24) is 14.8 Å². The van der Waals surface area contributed by atoms with Gasteiger partial charge in [0.15, 0.2) is 9.84 Å². The van der Waals surface area contributed by atoms with E-state index in [1.807, 2.05) is 23.1 Å². The molecule has 1 aromatic rings. The summed E-state index contributed by atoms with van der Waals surface area (Å²) in [6, 6.07) is 5.87. The van der Waals surface area contributed by atoms with Crippen molar-refractivity contribution in [3.8, 4) is 0 Å². The van der Waals surface area contributed by atoms with Crippen LogP contribution < -0.4 is 0 Å². The van der Waals surface area contributed by atoms with Crippen LogP contribution in [0.25, 0.3) is 0 Å². The van der Waals surface area contributed by atoms with E-state index < -0.39 is 9.84 Å². The number of hydrogen-bond donors (Lipinski definition) is 0. The van der Waals surface area contributed by atoms with Crippen LogP contribution >= 0.6 is 0 Å². The van der Waals surface area contributed by atoms with E-state index in [0.29, 0.717) is 19.5 Å². The van der Waals surface area contributed by atoms with Gasteiger partial charge < -0.3 is 4.90 Å². The fraction of sp³-hybridized carbons (Fsp3) is 0.600. The molecule has 6 nitrogen and oxygen atoms in total. The van der Waals surface area contributed by atoms with Gasteiger partial charge in [-0.1, -0.05) is 6.07 Å². The molecule has 3 rings (SSSR count). The van der Waals surface area contributed by atoms with Gasteiger partial charge in [-0.2, -0.15) is 0 Å². The molecule has 2 aliphatic rings. The van der Waals surface area contributed by atoms with E-state index in [1.165, 1.54) is 0 Å². The quantitative estimate of drug-likeness (QED) is 0.792. The minimum absolute atomic E-state index is 0.0126. The second-order valence-electron chi connectivity index (χ2n) is 6.02. The molecule has 7 heteroatoms. The number of carbonyl (C=O) groups is 1. The molecule has 0 radical (unpaired) electrons. The zero-order valence-corrected chi connectivity index (χ0v) is 13.3. The van der Waals surface area contributed by atoms with E-state index in [0.717, 1.165) is 25.3 Å². The summed E-state index contributed by atoms with van der Waals surface area (Å²) in [7, 11) is -3.00. The van der Waals surface area contributed by atoms with Gasteiger partial charge in [0.05, 0.1) is 23.1 Å². The first-order valence-corrected chi connectivity index (χ1v) is 9.47. The molecule has 2 saturated heterocycles. The normalized spacial score (nSPS) is 25.3. The SMILES string of the molecule is O=C([C@H]1CCS(=O)(=O)C1)N1CCN(Cc2ccccn2)CC1. The van der Waals surface area contributed by atoms with E-state index in [-0.39, 0.29) is 23.3 Å². The van der Waals surface area contributed by atoms with Gasteiger partial charge >= 0.3 is 0 Å². The summed E-state index contributed by atoms with van der Waals surface area (Å²) in [4.78, 5) is 20.8. The van der Waals surface area contributed by atoms with Gasteiger partial charge in [0, 0.05) is 38.9 Å². The van der Waals surface area contributed by atoms with E-state index in [2.05, 4.69) is 9.88 Å². The van der Waals surface area contributed by atoms with Crippen molar-refractivity contribution in [3.63, 3.8) is 0 Å². The number of carbonyl (C=O) groups excluding carboxylic acids is 1. The number of rotatable bonds is 3. The summed E-state index contributed by atoms with van der Waals surface area (Å²) in [6.45, 7) is 3.74. The highest BCUT2D eigenvalue weighted by atomic mass is 32.2. The Hall–Kier alpha value is -1.47. The Bertz CT molecular complexity index is 625. The molecular weight excluding hydrogens is 302 g/mol. The number of aromatic nitrogens is 1. The van der Waals surface area contributed by atoms with Crippen LogP contribution in [0, 0.1) is 5.92 Å². The number of amides is 1. The average Bonchev–Trinajstić information content (AvgIpc) is 2.88. The average molecular weight is 323 g/mol. The van der Waals surface area contributed by atoms with Crippen LogP contribution in [0.3, 0.4) is 0 Å². The first-order chi connectivity index (χ1) is 10.5. The number of hydrogen-bond acceptors (Lipinski definition) is 5. The van der Waals surface area contributed by atoms with Crippen LogP contribution in [0.2, 0.25) is 0 Å². The van der Waals surface area contributed by atoms with E-state index in [1.54, 1.807) is 6.20 Å². The standard InChI is InChI=1S/C15H21N3O3S/c19-15(13-4-10-22(20,21)12-13)18-8-6-17(7-9-18)11-14-3-1-2-5-16-14/h1-3,5,13H,4,6-12H2/t13-/m0/s1. The number of nitrogens with zero attached hydrogens (tertiary/aromatic N) is 3. The van der Waals surface area contributed by atoms with Crippen molar-refractivity contribution < 1.29 is 13.2 Å². The molecule has 1 aromatic heterocycles. The molecule has 2 aliphatic heterocycles. The van der Waals surface area contributed by atoms with Crippen molar-refractivity contribution in [1.29, 1.82) is 0 Å². The third-order valence-electron chi connectivity index (χ3n) is 4.38. The van der Waals surface area contributed by atoms with Gasteiger partial charge in [-0.25, -0.2) is 8.42 Å². The lowest BCUT2D eigenvalue weighted by molar-refractivity contribution is -0.136. The third-order valence-corrected chi connectivity index (χ3v) is 6.15. The number of pyridine rings is 1. The fourth-order valence-electron chi connectivity index (χ4n) is 3.10. The molecule has 0 aliphatic carbocycles. The number of piperazine rings is 1. The maximum absolute atomic E-state index is 12.4. The highest BCUT2D eigenvalue weighted by Crippen LogP contribution is 2.21. The van der Waals surface area contributed by atoms with Crippen LogP contribution in [-0.4, -0.2) is 66.8 Å². The van der Waals surface area contributed by atoms with Crippen LogP contribution in [0.4, 0.5) is 0 Å². The fourth-order valence-corrected chi connectivity index (χ4v) is 4.83. The highest BCUT2D eigenvalue weighted by molar-refractivity contribution is 7.91. The first kappa shape index (κ1) is 15.4. The first-order valence-electron chi connectivity index (χ1n) is 7.65. The summed E-state index contributed by atoms with van der Waals surface area (Å²) >= 11 is 0. The van der Waals surface area contributed by atoms with Gasteiger partial charge in [0.2, 0.25) is 5.91 Å². The van der Waals surface area contributed by atoms with Gasteiger partial charge in [0.1, 0.15) is 0 Å². The molecule has 120 valence electrons. The third kappa shape index (κ3) is 3.64. The van der Waals surface area contributed by atoms with Gasteiger partial charge in [0.25, 0.3) is 0 Å². The van der Waals surface area contributed by atoms with Gasteiger partial charge in [-0.15, -0.1) is 0 Å². The zero-order valence-electron chi connectivity index (χ0n) is 12.5. The maximum atomic E-state index is 12.4. The molecule has 3 heterocycles. The van der Waals surface area contributed by atoms with Crippen LogP contribution in [0.5, 0.6) is 0 Å². The van der Waals surface area contributed by atoms with E-state index in [9.17, 15) is 13.2 Å². The molecule has 0 spiro atoms. The Balaban J connectivity index is 1.50. The largest absolute Gasteiger partial charge is 0.340 e. The van der Waals surface area contributed by atoms with Crippen molar-refractivity contribution >= 4 is 15.7 Å². The lowest BCUT2D eigenvalue weighted by atomic mass is 10.1. The molecule has 22 heavy (non-hydrogen) atoms. The zero-order chi connectivity index (χ0) is 15.6. The van der Waals surface area contributed by atoms with E-state index in [4.69, 9.17) is 0 Å². The smallest absolute Gasteiger partial charge is 0.226 e. The predicted octanol–water partition coefficient (Wildman–Crippen LogP) is 0.161. The molecule has 0 unspecified atom stereocenters. The molecule has 2 fully saturated rings. The lowest BCUT2D eigenvalue weighted by Gasteiger charge is -2.35. The maximum Gasteiger partial charge on any atom is 0.226 e. The molecular formula is C15H21N3O3S. The Morgan fingerprint density at radius 3 is 2.59 bits per heavy atom. The van der Waals surface area contributed by atoms with Crippen LogP contribution in [0.15, 0.2) is 24.4 Å². The van der Waals surface area contributed by atoms with Gasteiger partial charge in [-0.3, -0.25) is 14.7 Å². The van der Waals surface area contributed by atoms with Crippen molar-refractivity contribution in [3.05, 3.63) is 30.1 Å². The van der Waals surface area contributed by atoms with E-state index >= 15 is 0 Å². The minimum Gasteiger partial charge on any atom is -0.340 e. The highest BCUT2D eigenvalue weighted by Gasteiger charge is 2.36. The van der Waals surface area contributed by atoms with Crippen LogP contribution in [-0.2, 0) is 21.2 Å². The molecule has 1 amide bonds. The Labute approximate surface area is 131 Å². The lowest BCUT2D eigenvalue weighted by Crippen LogP contribution is -2.50. The Morgan fingerprint density at radius 2 is 2.00 bits per heavy atom. The van der Waals surface area contributed by atoms with Crippen LogP contribution in [0.1, 0.15) is 12.1 Å². The summed E-state index contributed by atoms with van der Waals surface area (Å²) in [5, 5.41) is 0. The second kappa shape index (κ2) is 6.34. The summed E-state index contributed by atoms with van der Waals surface area (Å²) in [6.07, 6.45) is 2.27. The monoisotopic (exact) mass is 323 g/mol. The Kier molecular flexibility index (Phi) is 4.44. The Morgan fingerprint density at radius 1 is 1.23 bits per heavy atom. The molecule has 0 N–H and O–H groups in total. The topological polar surface area (TPSA) is 70.6 Å². The molecule has 1 atom stereocenters. The number of sulfone groups is 1. The summed E-state index contributed by atoms with van der Waals surface area (Å²) in [5.74, 6) is -0.130. The minimum atomic E-state index is -3.00. The molecule has 0 saturated carbocycles. The van der Waals surface area contributed by atoms with Crippen molar-refractivity contribution in [2.24, 2.45) is 5.92 Å². The van der Waals surface area contributed by atoms with Crippen molar-refractivity contribution in [2.45, 2.75) is 13.0 Å². The van der Waals surface area contributed by atoms with Gasteiger partial charge in [-0.05, 0) is 18.6 Å². The van der Waals surface area contributed by atoms with Crippen molar-refractivity contribution in [2.75, 3.05) is 37.7 Å². The summed E-state index contributed by atoms with van der Waals surface area (Å²) in [5.41, 5.74) is 1.03. The molecule has 0 bridgehead atoms. The summed E-state index contributed by atoms with van der Waals surface area (Å²) < 4.78 is 23.0.